The highest BCUT2D eigenvalue weighted by Gasteiger charge is 2.41. The molecule has 21 heavy (non-hydrogen) atoms. The molecule has 1 aromatic heterocycles. The van der Waals surface area contributed by atoms with Gasteiger partial charge in [0.2, 0.25) is 5.91 Å². The van der Waals surface area contributed by atoms with E-state index in [-0.39, 0.29) is 17.9 Å². The molecule has 3 atom stereocenters. The Morgan fingerprint density at radius 3 is 2.62 bits per heavy atom. The second-order valence-electron chi connectivity index (χ2n) is 5.91. The van der Waals surface area contributed by atoms with Crippen LogP contribution in [0.1, 0.15) is 37.6 Å². The van der Waals surface area contributed by atoms with Crippen LogP contribution in [-0.2, 0) is 9.53 Å². The number of alkyl carbamates (subject to hydrolysis) is 1. The molecule has 1 aliphatic carbocycles. The number of carbonyl (C=O) groups is 2. The first-order valence-electron chi connectivity index (χ1n) is 7.22. The molecule has 2 rings (SSSR count). The van der Waals surface area contributed by atoms with Gasteiger partial charge >= 0.3 is 6.09 Å². The van der Waals surface area contributed by atoms with E-state index in [1.165, 1.54) is 7.11 Å². The van der Waals surface area contributed by atoms with Gasteiger partial charge in [0.05, 0.1) is 7.11 Å². The van der Waals surface area contributed by atoms with Crippen LogP contribution in [0.4, 0.5) is 4.79 Å². The third-order valence-electron chi connectivity index (χ3n) is 3.78. The van der Waals surface area contributed by atoms with E-state index in [1.807, 2.05) is 26.8 Å². The Kier molecular flexibility index (Phi) is 4.55. The lowest BCUT2D eigenvalue weighted by atomic mass is 10.0. The maximum Gasteiger partial charge on any atom is 0.407 e. The first kappa shape index (κ1) is 15.4. The highest BCUT2D eigenvalue weighted by Crippen LogP contribution is 2.40. The Bertz CT molecular complexity index is 524. The third kappa shape index (κ3) is 3.77. The first-order chi connectivity index (χ1) is 9.92. The van der Waals surface area contributed by atoms with E-state index in [0.29, 0.717) is 5.92 Å². The summed E-state index contributed by atoms with van der Waals surface area (Å²) in [6, 6.07) is 3.64. The van der Waals surface area contributed by atoms with E-state index in [4.69, 9.17) is 0 Å². The molecule has 6 nitrogen and oxygen atoms in total. The van der Waals surface area contributed by atoms with Crippen LogP contribution in [0.3, 0.4) is 0 Å². The Morgan fingerprint density at radius 2 is 2.10 bits per heavy atom. The van der Waals surface area contributed by atoms with Gasteiger partial charge in [-0.1, -0.05) is 13.8 Å². The fraction of sp³-hybridized carbons (Fsp3) is 0.600. The molecule has 0 radical (unpaired) electrons. The van der Waals surface area contributed by atoms with Crippen LogP contribution in [0.2, 0.25) is 0 Å². The van der Waals surface area contributed by atoms with Crippen molar-refractivity contribution in [2.24, 2.45) is 5.92 Å². The minimum Gasteiger partial charge on any atom is -0.453 e. The summed E-state index contributed by atoms with van der Waals surface area (Å²) < 4.78 is 4.56. The molecule has 1 heterocycles. The average Bonchev–Trinajstić information content (AvgIpc) is 3.05. The third-order valence-corrected chi connectivity index (χ3v) is 3.78. The maximum absolute atomic E-state index is 12.3. The lowest BCUT2D eigenvalue weighted by Gasteiger charge is -2.21. The van der Waals surface area contributed by atoms with Crippen LogP contribution >= 0.6 is 0 Å². The number of aryl methyl sites for hydroxylation is 1. The number of nitrogens with one attached hydrogen (secondary N) is 3. The number of aromatic amines is 1. The first-order valence-corrected chi connectivity index (χ1v) is 7.22. The molecule has 0 saturated heterocycles. The van der Waals surface area contributed by atoms with Crippen molar-refractivity contribution < 1.29 is 14.3 Å². The van der Waals surface area contributed by atoms with E-state index in [9.17, 15) is 9.59 Å². The number of hydrogen-bond acceptors (Lipinski definition) is 3. The molecule has 1 fully saturated rings. The second-order valence-corrected chi connectivity index (χ2v) is 5.91. The topological polar surface area (TPSA) is 83.2 Å². The van der Waals surface area contributed by atoms with Crippen LogP contribution in [0.15, 0.2) is 12.1 Å². The summed E-state index contributed by atoms with van der Waals surface area (Å²) in [6.45, 7) is 5.78. The van der Waals surface area contributed by atoms with Crippen molar-refractivity contribution in [1.82, 2.24) is 15.6 Å². The molecular weight excluding hydrogens is 270 g/mol. The summed E-state index contributed by atoms with van der Waals surface area (Å²) in [4.78, 5) is 26.9. The van der Waals surface area contributed by atoms with Crippen LogP contribution in [0.25, 0.3) is 0 Å². The lowest BCUT2D eigenvalue weighted by molar-refractivity contribution is -0.124. The number of rotatable bonds is 5. The zero-order valence-electron chi connectivity index (χ0n) is 12.9. The van der Waals surface area contributed by atoms with Gasteiger partial charge < -0.3 is 20.4 Å². The number of methoxy groups -OCH3 is 1. The van der Waals surface area contributed by atoms with E-state index in [0.717, 1.165) is 17.8 Å². The molecule has 6 heteroatoms. The number of H-pyrrole nitrogens is 1. The molecule has 0 unspecified atom stereocenters. The van der Waals surface area contributed by atoms with Crippen molar-refractivity contribution in [1.29, 1.82) is 0 Å². The lowest BCUT2D eigenvalue weighted by Crippen LogP contribution is -2.50. The molecule has 3 N–H and O–H groups in total. The summed E-state index contributed by atoms with van der Waals surface area (Å²) in [5.74, 6) is 0.175. The van der Waals surface area contributed by atoms with E-state index < -0.39 is 12.1 Å². The fourth-order valence-corrected chi connectivity index (χ4v) is 2.43. The van der Waals surface area contributed by atoms with Gasteiger partial charge in [0, 0.05) is 23.3 Å². The number of ether oxygens (including phenoxy) is 1. The van der Waals surface area contributed by atoms with Gasteiger partial charge in [-0.3, -0.25) is 4.79 Å². The molecule has 0 spiro atoms. The molecule has 0 aliphatic heterocycles. The molecule has 0 aromatic carbocycles. The van der Waals surface area contributed by atoms with Crippen LogP contribution in [-0.4, -0.2) is 36.2 Å². The average molecular weight is 293 g/mol. The van der Waals surface area contributed by atoms with Gasteiger partial charge in [-0.25, -0.2) is 4.79 Å². The van der Waals surface area contributed by atoms with E-state index in [2.05, 4.69) is 26.4 Å². The molecule has 1 aliphatic rings. The quantitative estimate of drug-likeness (QED) is 0.772. The highest BCUT2D eigenvalue weighted by molar-refractivity contribution is 5.86. The minimum atomic E-state index is -0.587. The van der Waals surface area contributed by atoms with Gasteiger partial charge in [0.1, 0.15) is 6.04 Å². The van der Waals surface area contributed by atoms with E-state index >= 15 is 0 Å². The number of amides is 2. The van der Waals surface area contributed by atoms with Crippen LogP contribution in [0, 0.1) is 12.8 Å². The van der Waals surface area contributed by atoms with Crippen molar-refractivity contribution in [3.05, 3.63) is 23.5 Å². The Labute approximate surface area is 124 Å². The highest BCUT2D eigenvalue weighted by atomic mass is 16.5. The Hall–Kier alpha value is -1.98. The summed E-state index contributed by atoms with van der Waals surface area (Å²) >= 11 is 0. The Balaban J connectivity index is 1.90. The predicted molar refractivity (Wildman–Crippen MR) is 79.0 cm³/mol. The standard InChI is InChI=1S/C15H23N3O3/c1-8(2)13(18-15(20)21-4)14(19)17-12-7-10(12)11-6-5-9(3)16-11/h5-6,8,10,12-13,16H,7H2,1-4H3,(H,17,19)(H,18,20)/t10-,12+,13-/m0/s1. The fourth-order valence-electron chi connectivity index (χ4n) is 2.43. The van der Waals surface area contributed by atoms with Gasteiger partial charge in [0.15, 0.2) is 0 Å². The zero-order chi connectivity index (χ0) is 15.6. The molecule has 116 valence electrons. The summed E-state index contributed by atoms with van der Waals surface area (Å²) in [6.07, 6.45) is 0.338. The predicted octanol–water partition coefficient (Wildman–Crippen LogP) is 1.68. The molecule has 1 aromatic rings. The van der Waals surface area contributed by atoms with Crippen molar-refractivity contribution in [2.45, 2.75) is 45.2 Å². The molecule has 1 saturated carbocycles. The number of carbonyl (C=O) groups excluding carboxylic acids is 2. The normalized spacial score (nSPS) is 21.8. The van der Waals surface area contributed by atoms with Crippen LogP contribution < -0.4 is 10.6 Å². The van der Waals surface area contributed by atoms with Crippen molar-refractivity contribution in [2.75, 3.05) is 7.11 Å². The summed E-state index contributed by atoms with van der Waals surface area (Å²) in [5.41, 5.74) is 2.27. The van der Waals surface area contributed by atoms with E-state index in [1.54, 1.807) is 0 Å². The molecule has 2 amide bonds. The molecular formula is C15H23N3O3. The van der Waals surface area contributed by atoms with Crippen molar-refractivity contribution >= 4 is 12.0 Å². The monoisotopic (exact) mass is 293 g/mol. The number of hydrogen-bond donors (Lipinski definition) is 3. The maximum atomic E-state index is 12.3. The zero-order valence-corrected chi connectivity index (χ0v) is 12.9. The largest absolute Gasteiger partial charge is 0.453 e. The van der Waals surface area contributed by atoms with Gasteiger partial charge in [-0.2, -0.15) is 0 Å². The van der Waals surface area contributed by atoms with Gasteiger partial charge in [-0.05, 0) is 31.4 Å². The van der Waals surface area contributed by atoms with Crippen molar-refractivity contribution in [3.63, 3.8) is 0 Å². The summed E-state index contributed by atoms with van der Waals surface area (Å²) in [5, 5.41) is 5.57. The minimum absolute atomic E-state index is 0.00553. The Morgan fingerprint density at radius 1 is 1.38 bits per heavy atom. The SMILES string of the molecule is COC(=O)N[C@H](C(=O)N[C@@H]1C[C@H]1c1ccc(C)[nH]1)C(C)C. The van der Waals surface area contributed by atoms with Crippen molar-refractivity contribution in [3.8, 4) is 0 Å². The molecule has 0 bridgehead atoms. The number of aromatic nitrogens is 1. The van der Waals surface area contributed by atoms with Crippen LogP contribution in [0.5, 0.6) is 0 Å². The van der Waals surface area contributed by atoms with Gasteiger partial charge in [-0.15, -0.1) is 0 Å². The van der Waals surface area contributed by atoms with Gasteiger partial charge in [0.25, 0.3) is 0 Å². The summed E-state index contributed by atoms with van der Waals surface area (Å²) in [7, 11) is 1.29. The second kappa shape index (κ2) is 6.20. The smallest absolute Gasteiger partial charge is 0.407 e.